The average Bonchev–Trinajstić information content (AvgIpc) is 2.84. The van der Waals surface area contributed by atoms with Crippen molar-refractivity contribution >= 4 is 17.4 Å². The SMILES string of the molecule is CSc1ccccc1NCc1ccc(CO)o1. The number of nitrogens with one attached hydrogen (secondary N) is 1. The van der Waals surface area contributed by atoms with Crippen molar-refractivity contribution in [3.63, 3.8) is 0 Å². The van der Waals surface area contributed by atoms with Crippen LogP contribution in [0.15, 0.2) is 45.7 Å². The monoisotopic (exact) mass is 249 g/mol. The highest BCUT2D eigenvalue weighted by Gasteiger charge is 2.03. The van der Waals surface area contributed by atoms with Gasteiger partial charge in [0, 0.05) is 10.6 Å². The van der Waals surface area contributed by atoms with E-state index in [-0.39, 0.29) is 6.61 Å². The van der Waals surface area contributed by atoms with Gasteiger partial charge in [-0.25, -0.2) is 0 Å². The van der Waals surface area contributed by atoms with Crippen molar-refractivity contribution in [2.45, 2.75) is 18.0 Å². The van der Waals surface area contributed by atoms with E-state index < -0.39 is 0 Å². The largest absolute Gasteiger partial charge is 0.462 e. The summed E-state index contributed by atoms with van der Waals surface area (Å²) in [7, 11) is 0. The number of hydrogen-bond acceptors (Lipinski definition) is 4. The van der Waals surface area contributed by atoms with Crippen LogP contribution in [0, 0.1) is 0 Å². The van der Waals surface area contributed by atoms with Gasteiger partial charge in [-0.05, 0) is 30.5 Å². The minimum atomic E-state index is -0.0542. The van der Waals surface area contributed by atoms with E-state index in [1.54, 1.807) is 17.8 Å². The van der Waals surface area contributed by atoms with E-state index in [0.29, 0.717) is 12.3 Å². The zero-order valence-corrected chi connectivity index (χ0v) is 10.5. The van der Waals surface area contributed by atoms with Crippen LogP contribution in [0.4, 0.5) is 5.69 Å². The summed E-state index contributed by atoms with van der Waals surface area (Å²) in [4.78, 5) is 1.21. The van der Waals surface area contributed by atoms with Gasteiger partial charge in [-0.15, -0.1) is 11.8 Å². The van der Waals surface area contributed by atoms with Gasteiger partial charge in [-0.2, -0.15) is 0 Å². The molecule has 0 bridgehead atoms. The maximum absolute atomic E-state index is 8.90. The van der Waals surface area contributed by atoms with Crippen molar-refractivity contribution in [2.24, 2.45) is 0 Å². The number of anilines is 1. The van der Waals surface area contributed by atoms with E-state index in [1.807, 2.05) is 24.3 Å². The number of rotatable bonds is 5. The highest BCUT2D eigenvalue weighted by atomic mass is 32.2. The lowest BCUT2D eigenvalue weighted by molar-refractivity contribution is 0.244. The number of furan rings is 1. The molecular formula is C13H15NO2S. The molecule has 0 aliphatic heterocycles. The van der Waals surface area contributed by atoms with Crippen LogP contribution in [-0.4, -0.2) is 11.4 Å². The zero-order chi connectivity index (χ0) is 12.1. The van der Waals surface area contributed by atoms with Crippen LogP contribution in [0.5, 0.6) is 0 Å². The first kappa shape index (κ1) is 12.1. The highest BCUT2D eigenvalue weighted by molar-refractivity contribution is 7.98. The third kappa shape index (κ3) is 3.05. The minimum absolute atomic E-state index is 0.0542. The number of hydrogen-bond donors (Lipinski definition) is 2. The Morgan fingerprint density at radius 3 is 2.65 bits per heavy atom. The van der Waals surface area contributed by atoms with E-state index in [4.69, 9.17) is 9.52 Å². The summed E-state index contributed by atoms with van der Waals surface area (Å²) in [5.74, 6) is 1.42. The molecule has 2 rings (SSSR count). The molecule has 17 heavy (non-hydrogen) atoms. The Bertz CT molecular complexity index is 482. The number of thioether (sulfide) groups is 1. The maximum atomic E-state index is 8.90. The van der Waals surface area contributed by atoms with E-state index in [9.17, 15) is 0 Å². The van der Waals surface area contributed by atoms with Crippen molar-refractivity contribution < 1.29 is 9.52 Å². The van der Waals surface area contributed by atoms with Gasteiger partial charge in [0.25, 0.3) is 0 Å². The molecule has 0 aliphatic rings. The fourth-order valence-corrected chi connectivity index (χ4v) is 2.15. The molecule has 2 N–H and O–H groups in total. The Hall–Kier alpha value is -1.39. The number of aliphatic hydroxyl groups is 1. The van der Waals surface area contributed by atoms with Crippen LogP contribution in [0.25, 0.3) is 0 Å². The van der Waals surface area contributed by atoms with E-state index in [0.717, 1.165) is 11.4 Å². The molecule has 0 aliphatic carbocycles. The zero-order valence-electron chi connectivity index (χ0n) is 9.64. The molecule has 0 atom stereocenters. The summed E-state index contributed by atoms with van der Waals surface area (Å²) < 4.78 is 5.41. The number of benzene rings is 1. The van der Waals surface area contributed by atoms with Crippen molar-refractivity contribution in [1.82, 2.24) is 0 Å². The van der Waals surface area contributed by atoms with Crippen LogP contribution in [-0.2, 0) is 13.2 Å². The van der Waals surface area contributed by atoms with Crippen molar-refractivity contribution in [2.75, 3.05) is 11.6 Å². The third-order valence-corrected chi connectivity index (χ3v) is 3.23. The Balaban J connectivity index is 2.01. The molecule has 4 heteroatoms. The van der Waals surface area contributed by atoms with Crippen molar-refractivity contribution in [3.05, 3.63) is 47.9 Å². The quantitative estimate of drug-likeness (QED) is 0.799. The predicted octanol–water partition coefficient (Wildman–Crippen LogP) is 3.11. The van der Waals surface area contributed by atoms with Crippen LogP contribution < -0.4 is 5.32 Å². The topological polar surface area (TPSA) is 45.4 Å². The molecule has 0 radical (unpaired) electrons. The molecule has 0 fully saturated rings. The second-order valence-corrected chi connectivity index (χ2v) is 4.43. The van der Waals surface area contributed by atoms with Gasteiger partial charge in [-0.3, -0.25) is 0 Å². The molecule has 2 aromatic rings. The Labute approximate surface area is 105 Å². The van der Waals surface area contributed by atoms with Crippen molar-refractivity contribution in [1.29, 1.82) is 0 Å². The Kier molecular flexibility index (Phi) is 4.12. The summed E-state index contributed by atoms with van der Waals surface area (Å²) in [5, 5.41) is 12.2. The summed E-state index contributed by atoms with van der Waals surface area (Å²) in [6.07, 6.45) is 2.05. The van der Waals surface area contributed by atoms with Crippen LogP contribution in [0.2, 0.25) is 0 Å². The first-order valence-corrected chi connectivity index (χ1v) is 6.61. The molecule has 0 spiro atoms. The lowest BCUT2D eigenvalue weighted by Crippen LogP contribution is -1.99. The van der Waals surface area contributed by atoms with E-state index in [1.165, 1.54) is 4.90 Å². The Morgan fingerprint density at radius 1 is 1.18 bits per heavy atom. The smallest absolute Gasteiger partial charge is 0.129 e. The van der Waals surface area contributed by atoms with E-state index >= 15 is 0 Å². The lowest BCUT2D eigenvalue weighted by atomic mass is 10.3. The molecule has 1 heterocycles. The van der Waals surface area contributed by atoms with Crippen molar-refractivity contribution in [3.8, 4) is 0 Å². The minimum Gasteiger partial charge on any atom is -0.462 e. The van der Waals surface area contributed by atoms with Gasteiger partial charge in [0.15, 0.2) is 0 Å². The van der Waals surface area contributed by atoms with Gasteiger partial charge in [-0.1, -0.05) is 12.1 Å². The highest BCUT2D eigenvalue weighted by Crippen LogP contribution is 2.25. The summed E-state index contributed by atoms with van der Waals surface area (Å²) in [6, 6.07) is 11.8. The maximum Gasteiger partial charge on any atom is 0.129 e. The molecule has 1 aromatic heterocycles. The molecule has 1 aromatic carbocycles. The normalized spacial score (nSPS) is 10.5. The summed E-state index contributed by atoms with van der Waals surface area (Å²) >= 11 is 1.71. The fraction of sp³-hybridized carbons (Fsp3) is 0.231. The molecule has 0 unspecified atom stereocenters. The molecule has 0 amide bonds. The first-order valence-electron chi connectivity index (χ1n) is 5.39. The van der Waals surface area contributed by atoms with E-state index in [2.05, 4.69) is 17.6 Å². The Morgan fingerprint density at radius 2 is 1.94 bits per heavy atom. The molecule has 90 valence electrons. The fourth-order valence-electron chi connectivity index (χ4n) is 1.58. The summed E-state index contributed by atoms with van der Waals surface area (Å²) in [6.45, 7) is 0.568. The molecular weight excluding hydrogens is 234 g/mol. The molecule has 0 saturated carbocycles. The first-order chi connectivity index (χ1) is 8.33. The molecule has 3 nitrogen and oxygen atoms in total. The third-order valence-electron chi connectivity index (χ3n) is 2.43. The number of aliphatic hydroxyl groups excluding tert-OH is 1. The van der Waals surface area contributed by atoms with Crippen LogP contribution in [0.3, 0.4) is 0 Å². The van der Waals surface area contributed by atoms with Crippen LogP contribution in [0.1, 0.15) is 11.5 Å². The van der Waals surface area contributed by atoms with Gasteiger partial charge in [0.1, 0.15) is 18.1 Å². The van der Waals surface area contributed by atoms with Crippen LogP contribution >= 0.6 is 11.8 Å². The second kappa shape index (κ2) is 5.80. The predicted molar refractivity (Wildman–Crippen MR) is 70.2 cm³/mol. The lowest BCUT2D eigenvalue weighted by Gasteiger charge is -2.08. The van der Waals surface area contributed by atoms with Gasteiger partial charge in [0.2, 0.25) is 0 Å². The second-order valence-electron chi connectivity index (χ2n) is 3.58. The molecule has 0 saturated heterocycles. The van der Waals surface area contributed by atoms with Gasteiger partial charge < -0.3 is 14.8 Å². The average molecular weight is 249 g/mol. The summed E-state index contributed by atoms with van der Waals surface area (Å²) in [5.41, 5.74) is 1.10. The standard InChI is InChI=1S/C13H15NO2S/c1-17-13-5-3-2-4-12(13)14-8-10-6-7-11(9-15)16-10/h2-7,14-15H,8-9H2,1H3. The number of para-hydroxylation sites is 1. The van der Waals surface area contributed by atoms with Gasteiger partial charge >= 0.3 is 0 Å². The van der Waals surface area contributed by atoms with Gasteiger partial charge in [0.05, 0.1) is 6.54 Å².